The van der Waals surface area contributed by atoms with E-state index in [9.17, 15) is 4.39 Å². The molecule has 0 aliphatic carbocycles. The minimum absolute atomic E-state index is 0.129. The summed E-state index contributed by atoms with van der Waals surface area (Å²) in [6.07, 6.45) is 1.24. The lowest BCUT2D eigenvalue weighted by Crippen LogP contribution is -2.01. The molecule has 6 heteroatoms. The fourth-order valence-electron chi connectivity index (χ4n) is 1.34. The van der Waals surface area contributed by atoms with Gasteiger partial charge >= 0.3 is 0 Å². The molecule has 0 atom stereocenters. The topological polar surface area (TPSA) is 53.7 Å². The molecule has 0 bridgehead atoms. The molecule has 4 nitrogen and oxygen atoms in total. The number of rotatable bonds is 4. The summed E-state index contributed by atoms with van der Waals surface area (Å²) in [5, 5.41) is 0.342. The van der Waals surface area contributed by atoms with Crippen LogP contribution in [0.4, 0.5) is 4.39 Å². The lowest BCUT2D eigenvalue weighted by molar-refractivity contribution is 0.173. The first-order chi connectivity index (χ1) is 8.20. The van der Waals surface area contributed by atoms with Crippen molar-refractivity contribution in [3.63, 3.8) is 0 Å². The van der Waals surface area contributed by atoms with Gasteiger partial charge in [-0.05, 0) is 6.08 Å². The van der Waals surface area contributed by atoms with E-state index in [1.165, 1.54) is 6.08 Å². The predicted molar refractivity (Wildman–Crippen MR) is 61.3 cm³/mol. The van der Waals surface area contributed by atoms with Crippen molar-refractivity contribution in [1.82, 2.24) is 0 Å². The van der Waals surface area contributed by atoms with E-state index < -0.39 is 5.83 Å². The smallest absolute Gasteiger partial charge is 0.231 e. The van der Waals surface area contributed by atoms with Crippen LogP contribution in [0.5, 0.6) is 17.2 Å². The third-order valence-corrected chi connectivity index (χ3v) is 2.43. The molecular formula is C11H11ClFNO3. The molecule has 0 saturated heterocycles. The first kappa shape index (κ1) is 12.0. The zero-order valence-corrected chi connectivity index (χ0v) is 9.67. The number of hydrogen-bond acceptors (Lipinski definition) is 4. The summed E-state index contributed by atoms with van der Waals surface area (Å²) in [6, 6.07) is 3.14. The third kappa shape index (κ3) is 2.81. The summed E-state index contributed by atoms with van der Waals surface area (Å²) < 4.78 is 28.6. The normalized spacial score (nSPS) is 13.9. The SMILES string of the molecule is NC/C=C(\F)COc1cc2c(cc1Cl)OCO2. The highest BCUT2D eigenvalue weighted by atomic mass is 35.5. The number of fused-ring (bicyclic) bond motifs is 1. The van der Waals surface area contributed by atoms with Crippen LogP contribution >= 0.6 is 11.6 Å². The third-order valence-electron chi connectivity index (χ3n) is 2.13. The van der Waals surface area contributed by atoms with Gasteiger partial charge < -0.3 is 19.9 Å². The predicted octanol–water partition coefficient (Wildman–Crippen LogP) is 2.26. The summed E-state index contributed by atoms with van der Waals surface area (Å²) in [5.74, 6) is 0.991. The molecule has 0 amide bonds. The lowest BCUT2D eigenvalue weighted by Gasteiger charge is -2.07. The zero-order chi connectivity index (χ0) is 12.3. The summed E-state index contributed by atoms with van der Waals surface area (Å²) in [4.78, 5) is 0. The van der Waals surface area contributed by atoms with Gasteiger partial charge in [-0.15, -0.1) is 0 Å². The number of hydrogen-bond donors (Lipinski definition) is 1. The lowest BCUT2D eigenvalue weighted by atomic mass is 10.3. The first-order valence-electron chi connectivity index (χ1n) is 4.97. The molecule has 1 aromatic carbocycles. The molecule has 1 heterocycles. The van der Waals surface area contributed by atoms with E-state index in [4.69, 9.17) is 31.5 Å². The van der Waals surface area contributed by atoms with E-state index in [0.29, 0.717) is 22.3 Å². The molecule has 2 N–H and O–H groups in total. The Balaban J connectivity index is 2.09. The van der Waals surface area contributed by atoms with Crippen LogP contribution in [0, 0.1) is 0 Å². The fourth-order valence-corrected chi connectivity index (χ4v) is 1.55. The van der Waals surface area contributed by atoms with Crippen LogP contribution in [0.1, 0.15) is 0 Å². The Morgan fingerprint density at radius 3 is 2.88 bits per heavy atom. The van der Waals surface area contributed by atoms with E-state index in [-0.39, 0.29) is 19.9 Å². The summed E-state index contributed by atoms with van der Waals surface area (Å²) in [6.45, 7) is 0.0666. The zero-order valence-electron chi connectivity index (χ0n) is 8.91. The van der Waals surface area contributed by atoms with E-state index >= 15 is 0 Å². The second-order valence-electron chi connectivity index (χ2n) is 3.31. The van der Waals surface area contributed by atoms with Crippen LogP contribution in [0.2, 0.25) is 5.02 Å². The minimum Gasteiger partial charge on any atom is -0.485 e. The van der Waals surface area contributed by atoms with E-state index in [2.05, 4.69) is 0 Å². The molecule has 17 heavy (non-hydrogen) atoms. The van der Waals surface area contributed by atoms with Crippen molar-refractivity contribution < 1.29 is 18.6 Å². The molecule has 2 rings (SSSR count). The molecule has 92 valence electrons. The Hall–Kier alpha value is -1.46. The average Bonchev–Trinajstić information content (AvgIpc) is 2.73. The van der Waals surface area contributed by atoms with Crippen LogP contribution < -0.4 is 19.9 Å². The van der Waals surface area contributed by atoms with E-state index in [0.717, 1.165) is 0 Å². The van der Waals surface area contributed by atoms with Gasteiger partial charge in [0.05, 0.1) is 5.02 Å². The Kier molecular flexibility index (Phi) is 3.71. The van der Waals surface area contributed by atoms with E-state index in [1.807, 2.05) is 0 Å². The van der Waals surface area contributed by atoms with Crippen molar-refractivity contribution in [2.75, 3.05) is 19.9 Å². The van der Waals surface area contributed by atoms with Gasteiger partial charge in [0.15, 0.2) is 11.5 Å². The Labute approximate surface area is 103 Å². The number of nitrogens with two attached hydrogens (primary N) is 1. The second kappa shape index (κ2) is 5.25. The standard InChI is InChI=1S/C11H11ClFNO3/c12-8-3-10-11(17-6-16-10)4-9(8)15-5-7(13)1-2-14/h1,3-4H,2,5-6,14H2/b7-1-. The summed E-state index contributed by atoms with van der Waals surface area (Å²) >= 11 is 5.94. The maximum atomic E-state index is 13.1. The van der Waals surface area contributed by atoms with Crippen LogP contribution in [-0.2, 0) is 0 Å². The number of benzene rings is 1. The summed E-state index contributed by atoms with van der Waals surface area (Å²) in [5.41, 5.74) is 5.17. The largest absolute Gasteiger partial charge is 0.485 e. The van der Waals surface area contributed by atoms with Gasteiger partial charge in [0.25, 0.3) is 0 Å². The maximum Gasteiger partial charge on any atom is 0.231 e. The van der Waals surface area contributed by atoms with Gasteiger partial charge in [0.2, 0.25) is 6.79 Å². The van der Waals surface area contributed by atoms with Crippen molar-refractivity contribution in [2.45, 2.75) is 0 Å². The monoisotopic (exact) mass is 259 g/mol. The first-order valence-corrected chi connectivity index (χ1v) is 5.35. The average molecular weight is 260 g/mol. The molecule has 1 aliphatic rings. The highest BCUT2D eigenvalue weighted by Gasteiger charge is 2.17. The minimum atomic E-state index is -0.443. The molecule has 0 radical (unpaired) electrons. The molecule has 0 saturated carbocycles. The van der Waals surface area contributed by atoms with Crippen LogP contribution in [-0.4, -0.2) is 19.9 Å². The molecule has 0 unspecified atom stereocenters. The van der Waals surface area contributed by atoms with Crippen molar-refractivity contribution in [3.05, 3.63) is 29.1 Å². The van der Waals surface area contributed by atoms with Crippen molar-refractivity contribution in [2.24, 2.45) is 5.73 Å². The highest BCUT2D eigenvalue weighted by molar-refractivity contribution is 6.32. The molecule has 1 aromatic rings. The van der Waals surface area contributed by atoms with Crippen molar-refractivity contribution in [1.29, 1.82) is 0 Å². The fraction of sp³-hybridized carbons (Fsp3) is 0.273. The van der Waals surface area contributed by atoms with Gasteiger partial charge in [-0.25, -0.2) is 4.39 Å². The Morgan fingerprint density at radius 2 is 2.18 bits per heavy atom. The highest BCUT2D eigenvalue weighted by Crippen LogP contribution is 2.40. The quantitative estimate of drug-likeness (QED) is 0.901. The maximum absolute atomic E-state index is 13.1. The molecule has 0 aromatic heterocycles. The molecule has 0 spiro atoms. The molecular weight excluding hydrogens is 249 g/mol. The van der Waals surface area contributed by atoms with Gasteiger partial charge in [0.1, 0.15) is 18.2 Å². The second-order valence-corrected chi connectivity index (χ2v) is 3.72. The Bertz CT molecular complexity index is 451. The Morgan fingerprint density at radius 1 is 1.47 bits per heavy atom. The molecule has 1 aliphatic heterocycles. The van der Waals surface area contributed by atoms with Gasteiger partial charge in [-0.3, -0.25) is 0 Å². The number of ether oxygens (including phenoxy) is 3. The number of halogens is 2. The van der Waals surface area contributed by atoms with Gasteiger partial charge in [-0.2, -0.15) is 0 Å². The van der Waals surface area contributed by atoms with Gasteiger partial charge in [-0.1, -0.05) is 11.6 Å². The summed E-state index contributed by atoms with van der Waals surface area (Å²) in [7, 11) is 0. The van der Waals surface area contributed by atoms with E-state index in [1.54, 1.807) is 12.1 Å². The van der Waals surface area contributed by atoms with Crippen LogP contribution in [0.15, 0.2) is 24.0 Å². The van der Waals surface area contributed by atoms with Gasteiger partial charge in [0, 0.05) is 18.7 Å². The van der Waals surface area contributed by atoms with Crippen molar-refractivity contribution in [3.8, 4) is 17.2 Å². The van der Waals surface area contributed by atoms with Crippen molar-refractivity contribution >= 4 is 11.6 Å². The molecule has 0 fully saturated rings. The van der Waals surface area contributed by atoms with Crippen LogP contribution in [0.3, 0.4) is 0 Å². The van der Waals surface area contributed by atoms with Crippen LogP contribution in [0.25, 0.3) is 0 Å².